The van der Waals surface area contributed by atoms with E-state index in [-0.39, 0.29) is 25.9 Å². The molecule has 0 amide bonds. The summed E-state index contributed by atoms with van der Waals surface area (Å²) in [5.41, 5.74) is 4.86. The summed E-state index contributed by atoms with van der Waals surface area (Å²) in [7, 11) is 0. The summed E-state index contributed by atoms with van der Waals surface area (Å²) in [6, 6.07) is 27.9. The van der Waals surface area contributed by atoms with Crippen molar-refractivity contribution >= 4 is 0 Å². The Bertz CT molecular complexity index is 844. The van der Waals surface area contributed by atoms with Crippen LogP contribution >= 0.6 is 0 Å². The van der Waals surface area contributed by atoms with Crippen LogP contribution < -0.4 is 0 Å². The maximum absolute atomic E-state index is 12.6. The van der Waals surface area contributed by atoms with Gasteiger partial charge in [-0.2, -0.15) is 0 Å². The number of halogens is 1. The first-order valence-electron chi connectivity index (χ1n) is 8.21. The van der Waals surface area contributed by atoms with Gasteiger partial charge in [-0.25, -0.2) is 0 Å². The number of rotatable bonds is 2. The Morgan fingerprint density at radius 2 is 1.26 bits per heavy atom. The van der Waals surface area contributed by atoms with Crippen molar-refractivity contribution in [3.63, 3.8) is 0 Å². The first-order valence-corrected chi connectivity index (χ1v) is 8.21. The standard InChI is InChI=1S/C12H10N.C11H7FN.Ir/c1-10-5-7-11(8-6-10)12-4-2-3-9-13-12;12-10-6-4-9(5-7-10)11-3-1-2-8-13-11;/h2-7,9H,1H3;1-4,6-8H;/q2*-1;. The summed E-state index contributed by atoms with van der Waals surface area (Å²) < 4.78 is 12.6. The molecule has 2 aromatic heterocycles. The molecule has 2 aromatic carbocycles. The average Bonchev–Trinajstić information content (AvgIpc) is 2.71. The molecule has 2 heterocycles. The molecule has 2 nitrogen and oxygen atoms in total. The number of benzene rings is 2. The van der Waals surface area contributed by atoms with E-state index in [1.807, 2.05) is 48.5 Å². The summed E-state index contributed by atoms with van der Waals surface area (Å²) in [5.74, 6) is -0.278. The molecule has 0 saturated carbocycles. The molecular formula is C23H17FIrN2-2. The minimum Gasteiger partial charge on any atom is -0.305 e. The van der Waals surface area contributed by atoms with Crippen LogP contribution in [0.1, 0.15) is 5.56 Å². The third kappa shape index (κ3) is 6.21. The summed E-state index contributed by atoms with van der Waals surface area (Å²) in [6.45, 7) is 2.05. The van der Waals surface area contributed by atoms with Crippen molar-refractivity contribution in [1.29, 1.82) is 0 Å². The second kappa shape index (κ2) is 10.5. The van der Waals surface area contributed by atoms with Gasteiger partial charge in [0.1, 0.15) is 0 Å². The third-order valence-corrected chi connectivity index (χ3v) is 3.62. The molecule has 0 unspecified atom stereocenters. The van der Waals surface area contributed by atoms with E-state index >= 15 is 0 Å². The molecule has 0 aliphatic rings. The van der Waals surface area contributed by atoms with Crippen LogP contribution in [-0.4, -0.2) is 9.97 Å². The molecule has 0 aliphatic heterocycles. The zero-order valence-corrected chi connectivity index (χ0v) is 17.1. The van der Waals surface area contributed by atoms with Crippen LogP contribution in [0.4, 0.5) is 4.39 Å². The fraction of sp³-hybridized carbons (Fsp3) is 0.0435. The average molecular weight is 533 g/mol. The number of pyridine rings is 2. The van der Waals surface area contributed by atoms with Gasteiger partial charge in [0, 0.05) is 38.3 Å². The van der Waals surface area contributed by atoms with Crippen molar-refractivity contribution in [3.05, 3.63) is 109 Å². The van der Waals surface area contributed by atoms with E-state index in [1.165, 1.54) is 17.7 Å². The first-order chi connectivity index (χ1) is 12.7. The molecule has 0 fully saturated rings. The topological polar surface area (TPSA) is 25.8 Å². The molecule has 4 rings (SSSR count). The summed E-state index contributed by atoms with van der Waals surface area (Å²) >= 11 is 0. The third-order valence-electron chi connectivity index (χ3n) is 3.62. The molecule has 0 N–H and O–H groups in total. The zero-order chi connectivity index (χ0) is 18.2. The largest absolute Gasteiger partial charge is 0.305 e. The van der Waals surface area contributed by atoms with Crippen molar-refractivity contribution in [1.82, 2.24) is 9.97 Å². The number of aromatic nitrogens is 2. The van der Waals surface area contributed by atoms with Crippen LogP contribution in [0.5, 0.6) is 0 Å². The number of nitrogens with zero attached hydrogens (tertiary/aromatic N) is 2. The maximum atomic E-state index is 12.6. The first kappa shape index (κ1) is 20.6. The molecule has 0 atom stereocenters. The van der Waals surface area contributed by atoms with Crippen molar-refractivity contribution in [2.45, 2.75) is 6.92 Å². The van der Waals surface area contributed by atoms with Gasteiger partial charge in [-0.05, 0) is 23.5 Å². The molecule has 4 heteroatoms. The molecule has 0 bridgehead atoms. The molecule has 27 heavy (non-hydrogen) atoms. The van der Waals surface area contributed by atoms with E-state index in [1.54, 1.807) is 18.5 Å². The Hall–Kier alpha value is -2.68. The number of hydrogen-bond donors (Lipinski definition) is 0. The minimum absolute atomic E-state index is 0. The number of aryl methyl sites for hydroxylation is 1. The Balaban J connectivity index is 0.000000187. The second-order valence-electron chi connectivity index (χ2n) is 5.63. The van der Waals surface area contributed by atoms with Crippen molar-refractivity contribution in [2.24, 2.45) is 0 Å². The van der Waals surface area contributed by atoms with E-state index in [4.69, 9.17) is 0 Å². The molecule has 0 saturated heterocycles. The Morgan fingerprint density at radius 1 is 0.704 bits per heavy atom. The SMILES string of the molecule is Cc1c[c-]c(-c2ccccn2)cc1.Fc1c[c-]c(-c2ccccn2)cc1.[Ir]. The van der Waals surface area contributed by atoms with Crippen LogP contribution in [0.3, 0.4) is 0 Å². The summed E-state index contributed by atoms with van der Waals surface area (Å²) in [5, 5.41) is 0. The Kier molecular flexibility index (Phi) is 7.99. The predicted molar refractivity (Wildman–Crippen MR) is 102 cm³/mol. The molecule has 0 aliphatic carbocycles. The normalized spacial score (nSPS) is 9.56. The van der Waals surface area contributed by atoms with Crippen LogP contribution in [0.2, 0.25) is 0 Å². The van der Waals surface area contributed by atoms with Crippen LogP contribution in [0, 0.1) is 24.9 Å². The van der Waals surface area contributed by atoms with Gasteiger partial charge in [0.25, 0.3) is 0 Å². The van der Waals surface area contributed by atoms with E-state index < -0.39 is 0 Å². The van der Waals surface area contributed by atoms with E-state index in [2.05, 4.69) is 35.1 Å². The smallest absolute Gasteiger partial charge is 0.0379 e. The van der Waals surface area contributed by atoms with Gasteiger partial charge in [-0.1, -0.05) is 31.2 Å². The zero-order valence-electron chi connectivity index (χ0n) is 14.7. The summed E-state index contributed by atoms with van der Waals surface area (Å²) in [4.78, 5) is 8.37. The minimum atomic E-state index is -0.278. The second-order valence-corrected chi connectivity index (χ2v) is 5.63. The van der Waals surface area contributed by atoms with Gasteiger partial charge in [-0.3, -0.25) is 4.39 Å². The van der Waals surface area contributed by atoms with Crippen LogP contribution in [-0.2, 0) is 20.1 Å². The fourth-order valence-corrected chi connectivity index (χ4v) is 2.27. The van der Waals surface area contributed by atoms with Gasteiger partial charge < -0.3 is 9.97 Å². The molecule has 137 valence electrons. The van der Waals surface area contributed by atoms with Crippen LogP contribution in [0.25, 0.3) is 22.5 Å². The van der Waals surface area contributed by atoms with E-state index in [0.717, 1.165) is 22.5 Å². The summed E-state index contributed by atoms with van der Waals surface area (Å²) in [6.07, 6.45) is 3.50. The van der Waals surface area contributed by atoms with Gasteiger partial charge in [-0.15, -0.1) is 65.2 Å². The van der Waals surface area contributed by atoms with Crippen molar-refractivity contribution in [3.8, 4) is 22.5 Å². The fourth-order valence-electron chi connectivity index (χ4n) is 2.27. The van der Waals surface area contributed by atoms with Gasteiger partial charge in [0.05, 0.1) is 0 Å². The molecule has 4 aromatic rings. The monoisotopic (exact) mass is 533 g/mol. The Morgan fingerprint density at radius 3 is 1.67 bits per heavy atom. The Labute approximate surface area is 172 Å². The van der Waals surface area contributed by atoms with E-state index in [0.29, 0.717) is 0 Å². The van der Waals surface area contributed by atoms with Gasteiger partial charge in [0.2, 0.25) is 0 Å². The van der Waals surface area contributed by atoms with E-state index in [9.17, 15) is 4.39 Å². The number of hydrogen-bond acceptors (Lipinski definition) is 2. The van der Waals surface area contributed by atoms with Crippen molar-refractivity contribution in [2.75, 3.05) is 0 Å². The van der Waals surface area contributed by atoms with Crippen molar-refractivity contribution < 1.29 is 24.5 Å². The molecule has 0 spiro atoms. The van der Waals surface area contributed by atoms with Crippen LogP contribution in [0.15, 0.2) is 85.2 Å². The molecule has 1 radical (unpaired) electrons. The molecular weight excluding hydrogens is 515 g/mol. The van der Waals surface area contributed by atoms with Gasteiger partial charge in [0.15, 0.2) is 0 Å². The predicted octanol–water partition coefficient (Wildman–Crippen LogP) is 5.54. The quantitative estimate of drug-likeness (QED) is 0.317. The maximum Gasteiger partial charge on any atom is 0.0379 e. The van der Waals surface area contributed by atoms with Gasteiger partial charge >= 0.3 is 0 Å².